The molecule has 0 atom stereocenters. The van der Waals surface area contributed by atoms with Gasteiger partial charge in [-0.3, -0.25) is 9.78 Å². The van der Waals surface area contributed by atoms with E-state index in [0.29, 0.717) is 24.5 Å². The van der Waals surface area contributed by atoms with Gasteiger partial charge < -0.3 is 14.8 Å². The first kappa shape index (κ1) is 16.5. The zero-order chi connectivity index (χ0) is 16.5. The topological polar surface area (TPSA) is 60.5 Å². The highest BCUT2D eigenvalue weighted by atomic mass is 16.5. The molecule has 1 amide bonds. The Balaban J connectivity index is 1.90. The number of pyridine rings is 1. The van der Waals surface area contributed by atoms with Crippen LogP contribution in [0.2, 0.25) is 0 Å². The van der Waals surface area contributed by atoms with Crippen molar-refractivity contribution in [2.24, 2.45) is 0 Å². The smallest absolute Gasteiger partial charge is 0.244 e. The molecule has 0 saturated heterocycles. The summed E-state index contributed by atoms with van der Waals surface area (Å²) in [7, 11) is 3.19. The van der Waals surface area contributed by atoms with Crippen LogP contribution in [0.15, 0.2) is 48.7 Å². The van der Waals surface area contributed by atoms with Gasteiger partial charge >= 0.3 is 0 Å². The average molecular weight is 312 g/mol. The molecule has 0 radical (unpaired) electrons. The van der Waals surface area contributed by atoms with E-state index in [0.717, 1.165) is 11.3 Å². The summed E-state index contributed by atoms with van der Waals surface area (Å²) in [6.07, 6.45) is 5.63. The zero-order valence-corrected chi connectivity index (χ0v) is 13.3. The second-order valence-electron chi connectivity index (χ2n) is 4.80. The molecule has 0 aliphatic rings. The number of methoxy groups -OCH3 is 2. The third-order valence-electron chi connectivity index (χ3n) is 3.26. The Kier molecular flexibility index (Phi) is 6.17. The van der Waals surface area contributed by atoms with E-state index in [9.17, 15) is 4.79 Å². The third-order valence-corrected chi connectivity index (χ3v) is 3.26. The van der Waals surface area contributed by atoms with Gasteiger partial charge in [0.2, 0.25) is 5.91 Å². The van der Waals surface area contributed by atoms with E-state index in [-0.39, 0.29) is 5.91 Å². The van der Waals surface area contributed by atoms with Gasteiger partial charge in [0.1, 0.15) is 11.5 Å². The van der Waals surface area contributed by atoms with Gasteiger partial charge in [-0.05, 0) is 36.4 Å². The minimum atomic E-state index is -0.161. The molecule has 5 heteroatoms. The van der Waals surface area contributed by atoms with Crippen molar-refractivity contribution in [3.05, 3.63) is 59.9 Å². The predicted molar refractivity (Wildman–Crippen MR) is 89.5 cm³/mol. The van der Waals surface area contributed by atoms with Crippen LogP contribution in [0, 0.1) is 0 Å². The Labute approximate surface area is 136 Å². The number of rotatable bonds is 7. The molecule has 0 spiro atoms. The number of carbonyl (C=O) groups excluding carboxylic acids is 1. The molecule has 5 nitrogen and oxygen atoms in total. The molecular weight excluding hydrogens is 292 g/mol. The molecule has 1 aromatic heterocycles. The van der Waals surface area contributed by atoms with Gasteiger partial charge in [0.15, 0.2) is 0 Å². The summed E-state index contributed by atoms with van der Waals surface area (Å²) < 4.78 is 10.4. The third kappa shape index (κ3) is 5.14. The molecule has 0 bridgehead atoms. The molecular formula is C18H20N2O3. The number of nitrogens with one attached hydrogen (secondary N) is 1. The number of aromatic nitrogens is 1. The summed E-state index contributed by atoms with van der Waals surface area (Å²) in [5.41, 5.74) is 1.73. The largest absolute Gasteiger partial charge is 0.497 e. The molecule has 2 aromatic rings. The highest BCUT2D eigenvalue weighted by Crippen LogP contribution is 2.24. The maximum absolute atomic E-state index is 11.9. The fourth-order valence-electron chi connectivity index (χ4n) is 2.05. The van der Waals surface area contributed by atoms with Crippen LogP contribution in [-0.2, 0) is 11.2 Å². The van der Waals surface area contributed by atoms with Gasteiger partial charge in [0, 0.05) is 36.5 Å². The lowest BCUT2D eigenvalue weighted by Crippen LogP contribution is -2.23. The number of benzene rings is 1. The Morgan fingerprint density at radius 2 is 2.09 bits per heavy atom. The lowest BCUT2D eigenvalue weighted by molar-refractivity contribution is -0.116. The highest BCUT2D eigenvalue weighted by Gasteiger charge is 2.03. The van der Waals surface area contributed by atoms with Gasteiger partial charge in [-0.2, -0.15) is 0 Å². The lowest BCUT2D eigenvalue weighted by atomic mass is 10.1. The van der Waals surface area contributed by atoms with Gasteiger partial charge in [0.05, 0.1) is 14.2 Å². The molecule has 23 heavy (non-hydrogen) atoms. The summed E-state index contributed by atoms with van der Waals surface area (Å²) >= 11 is 0. The summed E-state index contributed by atoms with van der Waals surface area (Å²) in [6, 6.07) is 11.2. The normalized spacial score (nSPS) is 10.5. The van der Waals surface area contributed by atoms with Gasteiger partial charge in [0.25, 0.3) is 0 Å². The first-order chi connectivity index (χ1) is 11.2. The molecule has 1 aromatic carbocycles. The van der Waals surface area contributed by atoms with E-state index in [2.05, 4.69) is 10.3 Å². The summed E-state index contributed by atoms with van der Waals surface area (Å²) in [5.74, 6) is 1.23. The molecule has 0 fully saturated rings. The summed E-state index contributed by atoms with van der Waals surface area (Å²) in [5, 5.41) is 2.83. The van der Waals surface area contributed by atoms with Crippen LogP contribution in [0.5, 0.6) is 11.5 Å². The number of hydrogen-bond donors (Lipinski definition) is 1. The Bertz CT molecular complexity index is 669. The molecule has 120 valence electrons. The van der Waals surface area contributed by atoms with Crippen LogP contribution < -0.4 is 14.8 Å². The molecule has 2 rings (SSSR count). The van der Waals surface area contributed by atoms with Gasteiger partial charge in [-0.15, -0.1) is 0 Å². The van der Waals surface area contributed by atoms with E-state index in [1.807, 2.05) is 30.3 Å². The lowest BCUT2D eigenvalue weighted by Gasteiger charge is -2.07. The van der Waals surface area contributed by atoms with E-state index in [1.165, 1.54) is 6.08 Å². The van der Waals surface area contributed by atoms with Crippen molar-refractivity contribution in [3.8, 4) is 11.5 Å². The molecule has 0 unspecified atom stereocenters. The Hall–Kier alpha value is -2.82. The fraction of sp³-hybridized carbons (Fsp3) is 0.222. The Morgan fingerprint density at radius 3 is 2.78 bits per heavy atom. The van der Waals surface area contributed by atoms with Crippen molar-refractivity contribution < 1.29 is 14.3 Å². The number of nitrogens with zero attached hydrogens (tertiary/aromatic N) is 1. The maximum atomic E-state index is 11.9. The van der Waals surface area contributed by atoms with Crippen LogP contribution in [-0.4, -0.2) is 31.7 Å². The number of carbonyl (C=O) groups is 1. The molecule has 0 aliphatic carbocycles. The van der Waals surface area contributed by atoms with Crippen molar-refractivity contribution in [1.29, 1.82) is 0 Å². The summed E-state index contributed by atoms with van der Waals surface area (Å²) in [4.78, 5) is 16.1. The van der Waals surface area contributed by atoms with Crippen LogP contribution in [0.4, 0.5) is 0 Å². The first-order valence-corrected chi connectivity index (χ1v) is 7.31. The van der Waals surface area contributed by atoms with E-state index < -0.39 is 0 Å². The van der Waals surface area contributed by atoms with E-state index in [1.54, 1.807) is 32.6 Å². The average Bonchev–Trinajstić information content (AvgIpc) is 2.60. The van der Waals surface area contributed by atoms with Crippen molar-refractivity contribution in [2.75, 3.05) is 20.8 Å². The first-order valence-electron chi connectivity index (χ1n) is 7.31. The SMILES string of the molecule is COc1ccc(OC)c(/C=C/C(=O)NCCc2ccccn2)c1. The van der Waals surface area contributed by atoms with Gasteiger partial charge in [-0.25, -0.2) is 0 Å². The van der Waals surface area contributed by atoms with Crippen molar-refractivity contribution in [3.63, 3.8) is 0 Å². The standard InChI is InChI=1S/C18H20N2O3/c1-22-16-7-8-17(23-2)14(13-16)6-9-18(21)20-12-10-15-5-3-4-11-19-15/h3-9,11,13H,10,12H2,1-2H3,(H,20,21)/b9-6+. The van der Waals surface area contributed by atoms with Crippen LogP contribution in [0.3, 0.4) is 0 Å². The minimum absolute atomic E-state index is 0.161. The zero-order valence-electron chi connectivity index (χ0n) is 13.3. The monoisotopic (exact) mass is 312 g/mol. The number of ether oxygens (including phenoxy) is 2. The summed E-state index contributed by atoms with van der Waals surface area (Å²) in [6.45, 7) is 0.537. The van der Waals surface area contributed by atoms with E-state index in [4.69, 9.17) is 9.47 Å². The minimum Gasteiger partial charge on any atom is -0.497 e. The van der Waals surface area contributed by atoms with Crippen LogP contribution >= 0.6 is 0 Å². The van der Waals surface area contributed by atoms with Crippen molar-refractivity contribution >= 4 is 12.0 Å². The fourth-order valence-corrected chi connectivity index (χ4v) is 2.05. The van der Waals surface area contributed by atoms with Gasteiger partial charge in [-0.1, -0.05) is 6.07 Å². The van der Waals surface area contributed by atoms with Crippen molar-refractivity contribution in [2.45, 2.75) is 6.42 Å². The maximum Gasteiger partial charge on any atom is 0.244 e. The Morgan fingerprint density at radius 1 is 1.22 bits per heavy atom. The highest BCUT2D eigenvalue weighted by molar-refractivity contribution is 5.92. The van der Waals surface area contributed by atoms with Crippen LogP contribution in [0.25, 0.3) is 6.08 Å². The number of amides is 1. The molecule has 1 N–H and O–H groups in total. The second-order valence-corrected chi connectivity index (χ2v) is 4.80. The second kappa shape index (κ2) is 8.58. The van der Waals surface area contributed by atoms with Crippen LogP contribution in [0.1, 0.15) is 11.3 Å². The predicted octanol–water partition coefficient (Wildman–Crippen LogP) is 2.47. The quantitative estimate of drug-likeness (QED) is 0.798. The molecule has 0 aliphatic heterocycles. The molecule has 1 heterocycles. The van der Waals surface area contributed by atoms with Crippen molar-refractivity contribution in [1.82, 2.24) is 10.3 Å². The van der Waals surface area contributed by atoms with E-state index >= 15 is 0 Å². The molecule has 0 saturated carbocycles. The number of hydrogen-bond acceptors (Lipinski definition) is 4.